The highest BCUT2D eigenvalue weighted by Gasteiger charge is 2.37. The first-order chi connectivity index (χ1) is 12.6. The van der Waals surface area contributed by atoms with E-state index in [2.05, 4.69) is 65.0 Å². The van der Waals surface area contributed by atoms with Crippen LogP contribution in [0.1, 0.15) is 115 Å². The Morgan fingerprint density at radius 1 is 0.923 bits per heavy atom. The Labute approximate surface area is 167 Å². The molecule has 0 aliphatic heterocycles. The first-order valence-corrected chi connectivity index (χ1v) is 11.2. The van der Waals surface area contributed by atoms with Crippen LogP contribution in [-0.4, -0.2) is 0 Å². The summed E-state index contributed by atoms with van der Waals surface area (Å²) in [7, 11) is 0. The molecule has 0 heteroatoms. The van der Waals surface area contributed by atoms with Crippen molar-refractivity contribution in [1.29, 1.82) is 0 Å². The van der Waals surface area contributed by atoms with Crippen molar-refractivity contribution >= 4 is 0 Å². The van der Waals surface area contributed by atoms with Crippen molar-refractivity contribution < 1.29 is 0 Å². The molecule has 0 aromatic rings. The monoisotopic (exact) mass is 362 g/mol. The summed E-state index contributed by atoms with van der Waals surface area (Å²) in [6.07, 6.45) is 19.2. The molecular formula is C26H50. The Balaban J connectivity index is -0.000000343. The van der Waals surface area contributed by atoms with Crippen molar-refractivity contribution in [2.45, 2.75) is 115 Å². The molecule has 154 valence electrons. The van der Waals surface area contributed by atoms with Gasteiger partial charge in [0.05, 0.1) is 0 Å². The van der Waals surface area contributed by atoms with Crippen LogP contribution in [0.4, 0.5) is 0 Å². The van der Waals surface area contributed by atoms with Crippen molar-refractivity contribution in [3.63, 3.8) is 0 Å². The standard InChI is InChI=1S/C13H22.C7H10.3C2H6/c1-4-8-12(6-3)13(9-5-2)10-7-11-13;1-6-3-4-7(2)5-6;3*1-2/h4,6,8H,5,7,9-11H2,1-3H3;3-4H,5H2,1-2H3;3*1-2H3/b8-4-,12-6+;;;;. The van der Waals surface area contributed by atoms with Gasteiger partial charge in [-0.05, 0) is 64.4 Å². The third-order valence-electron chi connectivity index (χ3n) is 4.52. The van der Waals surface area contributed by atoms with Crippen molar-refractivity contribution in [2.75, 3.05) is 0 Å². The normalized spacial score (nSPS) is 16.8. The molecule has 26 heavy (non-hydrogen) atoms. The third-order valence-corrected chi connectivity index (χ3v) is 4.52. The van der Waals surface area contributed by atoms with E-state index >= 15 is 0 Å². The molecule has 0 atom stereocenters. The van der Waals surface area contributed by atoms with Crippen molar-refractivity contribution in [3.05, 3.63) is 47.1 Å². The van der Waals surface area contributed by atoms with Crippen LogP contribution in [0.2, 0.25) is 0 Å². The van der Waals surface area contributed by atoms with E-state index in [1.807, 2.05) is 41.5 Å². The van der Waals surface area contributed by atoms with Gasteiger partial charge in [0.25, 0.3) is 0 Å². The molecule has 2 rings (SSSR count). The van der Waals surface area contributed by atoms with E-state index in [0.717, 1.165) is 0 Å². The first-order valence-electron chi connectivity index (χ1n) is 11.2. The Morgan fingerprint density at radius 3 is 1.58 bits per heavy atom. The summed E-state index contributed by atoms with van der Waals surface area (Å²) >= 11 is 0. The molecule has 0 N–H and O–H groups in total. The lowest BCUT2D eigenvalue weighted by molar-refractivity contribution is 0.173. The van der Waals surface area contributed by atoms with Crippen LogP contribution >= 0.6 is 0 Å². The average Bonchev–Trinajstić information content (AvgIpc) is 3.05. The molecule has 0 spiro atoms. The highest BCUT2D eigenvalue weighted by atomic mass is 14.4. The minimum atomic E-state index is 0.565. The molecule has 0 saturated heterocycles. The molecule has 0 bridgehead atoms. The Bertz CT molecular complexity index is 395. The van der Waals surface area contributed by atoms with Gasteiger partial charge in [0.2, 0.25) is 0 Å². The second kappa shape index (κ2) is 20.3. The Kier molecular flexibility index (Phi) is 23.2. The van der Waals surface area contributed by atoms with E-state index < -0.39 is 0 Å². The zero-order chi connectivity index (χ0) is 21.0. The highest BCUT2D eigenvalue weighted by molar-refractivity contribution is 5.28. The first kappa shape index (κ1) is 29.7. The van der Waals surface area contributed by atoms with Gasteiger partial charge in [0.15, 0.2) is 0 Å². The number of hydrogen-bond acceptors (Lipinski definition) is 0. The van der Waals surface area contributed by atoms with Crippen LogP contribution in [0.25, 0.3) is 0 Å². The molecular weight excluding hydrogens is 312 g/mol. The smallest absolute Gasteiger partial charge is 0.00504 e. The SMILES string of the molecule is C/C=C\C(=C/C)C1(CCC)CCC1.CC.CC.CC.CC1=CC=C(C)C1. The van der Waals surface area contributed by atoms with Crippen LogP contribution in [-0.2, 0) is 0 Å². The quantitative estimate of drug-likeness (QED) is 0.436. The lowest BCUT2D eigenvalue weighted by atomic mass is 9.61. The number of allylic oxidation sites excluding steroid dienone is 8. The topological polar surface area (TPSA) is 0 Å². The van der Waals surface area contributed by atoms with Crippen LogP contribution in [0.15, 0.2) is 47.1 Å². The van der Waals surface area contributed by atoms with Crippen LogP contribution in [0.5, 0.6) is 0 Å². The van der Waals surface area contributed by atoms with Gasteiger partial charge >= 0.3 is 0 Å². The van der Waals surface area contributed by atoms with E-state index in [9.17, 15) is 0 Å². The molecule has 0 amide bonds. The Morgan fingerprint density at radius 2 is 1.38 bits per heavy atom. The fraction of sp³-hybridized carbons (Fsp3) is 0.692. The van der Waals surface area contributed by atoms with Gasteiger partial charge in [0.1, 0.15) is 0 Å². The zero-order valence-electron chi connectivity index (χ0n) is 20.1. The second-order valence-electron chi connectivity index (χ2n) is 6.33. The number of rotatable bonds is 4. The molecule has 2 aliphatic carbocycles. The zero-order valence-corrected chi connectivity index (χ0v) is 20.1. The van der Waals surface area contributed by atoms with Crippen LogP contribution < -0.4 is 0 Å². The summed E-state index contributed by atoms with van der Waals surface area (Å²) in [6, 6.07) is 0. The van der Waals surface area contributed by atoms with E-state index in [1.54, 1.807) is 5.57 Å². The van der Waals surface area contributed by atoms with Crippen molar-refractivity contribution in [1.82, 2.24) is 0 Å². The summed E-state index contributed by atoms with van der Waals surface area (Å²) in [6.45, 7) is 22.9. The van der Waals surface area contributed by atoms with E-state index in [1.165, 1.54) is 49.7 Å². The summed E-state index contributed by atoms with van der Waals surface area (Å²) in [5.74, 6) is 0. The fourth-order valence-corrected chi connectivity index (χ4v) is 3.37. The summed E-state index contributed by atoms with van der Waals surface area (Å²) < 4.78 is 0. The van der Waals surface area contributed by atoms with E-state index in [0.29, 0.717) is 5.41 Å². The number of hydrogen-bond donors (Lipinski definition) is 0. The molecule has 1 saturated carbocycles. The molecule has 0 nitrogen and oxygen atoms in total. The van der Waals surface area contributed by atoms with E-state index in [-0.39, 0.29) is 0 Å². The molecule has 0 aromatic heterocycles. The van der Waals surface area contributed by atoms with Crippen molar-refractivity contribution in [2.24, 2.45) is 5.41 Å². The van der Waals surface area contributed by atoms with Gasteiger partial charge in [-0.25, -0.2) is 0 Å². The molecule has 0 heterocycles. The summed E-state index contributed by atoms with van der Waals surface area (Å²) in [4.78, 5) is 0. The maximum absolute atomic E-state index is 2.30. The van der Waals surface area contributed by atoms with Gasteiger partial charge in [-0.2, -0.15) is 0 Å². The summed E-state index contributed by atoms with van der Waals surface area (Å²) in [5, 5.41) is 0. The van der Waals surface area contributed by atoms with Gasteiger partial charge < -0.3 is 0 Å². The molecule has 0 radical (unpaired) electrons. The third kappa shape index (κ3) is 11.6. The van der Waals surface area contributed by atoms with Gasteiger partial charge in [-0.15, -0.1) is 0 Å². The second-order valence-corrected chi connectivity index (χ2v) is 6.33. The maximum Gasteiger partial charge on any atom is -0.00504 e. The lowest BCUT2D eigenvalue weighted by Crippen LogP contribution is -2.30. The minimum absolute atomic E-state index is 0.565. The van der Waals surface area contributed by atoms with Crippen molar-refractivity contribution in [3.8, 4) is 0 Å². The van der Waals surface area contributed by atoms with Crippen LogP contribution in [0, 0.1) is 5.41 Å². The predicted molar refractivity (Wildman–Crippen MR) is 126 cm³/mol. The highest BCUT2D eigenvalue weighted by Crippen LogP contribution is 2.50. The van der Waals surface area contributed by atoms with Gasteiger partial charge in [-0.1, -0.05) is 103 Å². The van der Waals surface area contributed by atoms with Gasteiger partial charge in [0, 0.05) is 0 Å². The van der Waals surface area contributed by atoms with Crippen LogP contribution in [0.3, 0.4) is 0 Å². The Hall–Kier alpha value is -1.04. The van der Waals surface area contributed by atoms with Gasteiger partial charge in [-0.3, -0.25) is 0 Å². The maximum atomic E-state index is 2.30. The largest absolute Gasteiger partial charge is 0.0874 e. The predicted octanol–water partition coefficient (Wildman–Crippen LogP) is 9.84. The lowest BCUT2D eigenvalue weighted by Gasteiger charge is -2.43. The molecule has 1 fully saturated rings. The average molecular weight is 363 g/mol. The molecule has 0 aromatic carbocycles. The minimum Gasteiger partial charge on any atom is -0.0874 e. The fourth-order valence-electron chi connectivity index (χ4n) is 3.37. The molecule has 2 aliphatic rings. The summed E-state index contributed by atoms with van der Waals surface area (Å²) in [5.41, 5.74) is 5.11. The van der Waals surface area contributed by atoms with E-state index in [4.69, 9.17) is 0 Å². The molecule has 0 unspecified atom stereocenters.